The molecule has 0 saturated carbocycles. The highest BCUT2D eigenvalue weighted by Gasteiger charge is 2.28. The summed E-state index contributed by atoms with van der Waals surface area (Å²) in [6.07, 6.45) is 0. The van der Waals surface area contributed by atoms with Gasteiger partial charge in [-0.25, -0.2) is 0 Å². The summed E-state index contributed by atoms with van der Waals surface area (Å²) in [6.45, 7) is 6.33. The molecule has 1 amide bonds. The minimum Gasteiger partial charge on any atom is -0.379 e. The van der Waals surface area contributed by atoms with E-state index in [9.17, 15) is 4.79 Å². The van der Waals surface area contributed by atoms with E-state index in [1.54, 1.807) is 0 Å². The Bertz CT molecular complexity index is 763. The number of nitrogens with zero attached hydrogens (tertiary/aromatic N) is 2. The summed E-state index contributed by atoms with van der Waals surface area (Å²) in [5.74, 6) is 0.0307. The van der Waals surface area contributed by atoms with Crippen molar-refractivity contribution in [2.75, 3.05) is 39.9 Å². The minimum absolute atomic E-state index is 0.00747. The molecule has 2 aromatic carbocycles. The molecule has 5 nitrogen and oxygen atoms in total. The predicted octanol–water partition coefficient (Wildman–Crippen LogP) is 3.35. The van der Waals surface area contributed by atoms with Gasteiger partial charge in [-0.05, 0) is 37.2 Å². The maximum atomic E-state index is 12.7. The van der Waals surface area contributed by atoms with Crippen molar-refractivity contribution >= 4 is 17.5 Å². The van der Waals surface area contributed by atoms with Gasteiger partial charge in [0.15, 0.2) is 0 Å². The molecule has 156 valence electrons. The molecule has 29 heavy (non-hydrogen) atoms. The van der Waals surface area contributed by atoms with E-state index in [1.807, 2.05) is 42.3 Å². The zero-order chi connectivity index (χ0) is 20.6. The molecule has 0 unspecified atom stereocenters. The third kappa shape index (κ3) is 6.54. The number of halogens is 1. The molecule has 6 heteroatoms. The Morgan fingerprint density at radius 2 is 1.79 bits per heavy atom. The largest absolute Gasteiger partial charge is 0.379 e. The van der Waals surface area contributed by atoms with Crippen LogP contribution < -0.4 is 5.32 Å². The Labute approximate surface area is 178 Å². The molecular weight excluding hydrogens is 386 g/mol. The van der Waals surface area contributed by atoms with Crippen LogP contribution in [-0.2, 0) is 16.1 Å². The molecule has 1 N–H and O–H groups in total. The maximum absolute atomic E-state index is 12.7. The van der Waals surface area contributed by atoms with E-state index in [1.165, 1.54) is 5.56 Å². The Kier molecular flexibility index (Phi) is 8.07. The van der Waals surface area contributed by atoms with Gasteiger partial charge in [0.2, 0.25) is 5.91 Å². The van der Waals surface area contributed by atoms with E-state index in [2.05, 4.69) is 41.4 Å². The molecule has 0 aliphatic carbocycles. The highest BCUT2D eigenvalue weighted by Crippen LogP contribution is 2.25. The Hall–Kier alpha value is -1.92. The first-order chi connectivity index (χ1) is 14.0. The van der Waals surface area contributed by atoms with Crippen LogP contribution in [0, 0.1) is 0 Å². The van der Waals surface area contributed by atoms with E-state index >= 15 is 0 Å². The van der Waals surface area contributed by atoms with Gasteiger partial charge < -0.3 is 10.1 Å². The molecule has 1 aliphatic rings. The van der Waals surface area contributed by atoms with E-state index in [4.69, 9.17) is 16.3 Å². The van der Waals surface area contributed by atoms with Gasteiger partial charge in [0.05, 0.1) is 25.8 Å². The van der Waals surface area contributed by atoms with Crippen LogP contribution >= 0.6 is 11.6 Å². The number of rotatable bonds is 8. The summed E-state index contributed by atoms with van der Waals surface area (Å²) < 4.78 is 5.52. The molecular formula is C23H30ClN3O2. The summed E-state index contributed by atoms with van der Waals surface area (Å²) in [5, 5.41) is 3.94. The summed E-state index contributed by atoms with van der Waals surface area (Å²) in [4.78, 5) is 17.1. The number of morpholine rings is 1. The second kappa shape index (κ2) is 10.7. The van der Waals surface area contributed by atoms with Crippen molar-refractivity contribution in [3.05, 3.63) is 70.7 Å². The number of amides is 1. The second-order valence-corrected chi connectivity index (χ2v) is 8.10. The SMILES string of the molecule is C[C@H](NC(=O)CN(C)Cc1ccc(Cl)cc1)[C@H](c1ccccc1)N1CCOCC1. The van der Waals surface area contributed by atoms with Gasteiger partial charge >= 0.3 is 0 Å². The lowest BCUT2D eigenvalue weighted by molar-refractivity contribution is -0.123. The number of carbonyl (C=O) groups excluding carboxylic acids is 1. The van der Waals surface area contributed by atoms with Crippen LogP contribution in [0.15, 0.2) is 54.6 Å². The lowest BCUT2D eigenvalue weighted by Gasteiger charge is -2.38. The monoisotopic (exact) mass is 415 g/mol. The van der Waals surface area contributed by atoms with E-state index in [-0.39, 0.29) is 18.0 Å². The van der Waals surface area contributed by atoms with Crippen LogP contribution in [0.4, 0.5) is 0 Å². The maximum Gasteiger partial charge on any atom is 0.234 e. The quantitative estimate of drug-likeness (QED) is 0.718. The van der Waals surface area contributed by atoms with Crippen molar-refractivity contribution in [2.24, 2.45) is 0 Å². The normalized spacial score (nSPS) is 17.1. The summed E-state index contributed by atoms with van der Waals surface area (Å²) in [5.41, 5.74) is 2.35. The van der Waals surface area contributed by atoms with Crippen molar-refractivity contribution < 1.29 is 9.53 Å². The van der Waals surface area contributed by atoms with Gasteiger partial charge in [0, 0.05) is 30.7 Å². The Morgan fingerprint density at radius 3 is 2.45 bits per heavy atom. The summed E-state index contributed by atoms with van der Waals surface area (Å²) in [6, 6.07) is 18.2. The molecule has 1 aliphatic heterocycles. The smallest absolute Gasteiger partial charge is 0.234 e. The molecule has 3 rings (SSSR count). The van der Waals surface area contributed by atoms with Gasteiger partial charge in [-0.2, -0.15) is 0 Å². The van der Waals surface area contributed by atoms with Crippen molar-refractivity contribution in [2.45, 2.75) is 25.6 Å². The van der Waals surface area contributed by atoms with Gasteiger partial charge in [0.1, 0.15) is 0 Å². The Morgan fingerprint density at radius 1 is 1.14 bits per heavy atom. The first-order valence-electron chi connectivity index (χ1n) is 10.1. The number of hydrogen-bond donors (Lipinski definition) is 1. The third-order valence-electron chi connectivity index (χ3n) is 5.22. The number of benzene rings is 2. The van der Waals surface area contributed by atoms with Crippen LogP contribution in [0.3, 0.4) is 0 Å². The second-order valence-electron chi connectivity index (χ2n) is 7.66. The number of likely N-dealkylation sites (N-methyl/N-ethyl adjacent to an activating group) is 1. The minimum atomic E-state index is -0.00747. The topological polar surface area (TPSA) is 44.8 Å². The molecule has 0 bridgehead atoms. The third-order valence-corrected chi connectivity index (χ3v) is 5.47. The average Bonchev–Trinajstić information content (AvgIpc) is 2.71. The van der Waals surface area contributed by atoms with Crippen LogP contribution in [0.1, 0.15) is 24.1 Å². The standard InChI is InChI=1S/C23H30ClN3O2/c1-18(23(20-6-4-3-5-7-20)27-12-14-29-15-13-27)25-22(28)17-26(2)16-19-8-10-21(24)11-9-19/h3-11,18,23H,12-17H2,1-2H3,(H,25,28)/t18-,23+/m0/s1. The zero-order valence-electron chi connectivity index (χ0n) is 17.2. The number of nitrogens with one attached hydrogen (secondary N) is 1. The lowest BCUT2D eigenvalue weighted by Crippen LogP contribution is -2.49. The first-order valence-corrected chi connectivity index (χ1v) is 10.5. The van der Waals surface area contributed by atoms with Crippen LogP contribution in [0.2, 0.25) is 5.02 Å². The average molecular weight is 416 g/mol. The highest BCUT2D eigenvalue weighted by molar-refractivity contribution is 6.30. The summed E-state index contributed by atoms with van der Waals surface area (Å²) >= 11 is 5.94. The molecule has 1 saturated heterocycles. The van der Waals surface area contributed by atoms with Crippen LogP contribution in [0.25, 0.3) is 0 Å². The van der Waals surface area contributed by atoms with E-state index in [0.717, 1.165) is 36.9 Å². The fourth-order valence-corrected chi connectivity index (χ4v) is 4.03. The Balaban J connectivity index is 1.59. The molecule has 0 spiro atoms. The van der Waals surface area contributed by atoms with Crippen LogP contribution in [-0.4, -0.2) is 61.6 Å². The molecule has 1 fully saturated rings. The predicted molar refractivity (Wildman–Crippen MR) is 117 cm³/mol. The van der Waals surface area contributed by atoms with Crippen molar-refractivity contribution in [1.82, 2.24) is 15.1 Å². The van der Waals surface area contributed by atoms with Gasteiger partial charge in [0.25, 0.3) is 0 Å². The van der Waals surface area contributed by atoms with Gasteiger partial charge in [-0.15, -0.1) is 0 Å². The van der Waals surface area contributed by atoms with Crippen molar-refractivity contribution in [3.8, 4) is 0 Å². The van der Waals surface area contributed by atoms with Gasteiger partial charge in [-0.3, -0.25) is 14.6 Å². The number of carbonyl (C=O) groups is 1. The number of hydrogen-bond acceptors (Lipinski definition) is 4. The molecule has 0 aromatic heterocycles. The lowest BCUT2D eigenvalue weighted by atomic mass is 9.98. The molecule has 0 radical (unpaired) electrons. The van der Waals surface area contributed by atoms with Crippen molar-refractivity contribution in [3.63, 3.8) is 0 Å². The fraction of sp³-hybridized carbons (Fsp3) is 0.435. The zero-order valence-corrected chi connectivity index (χ0v) is 17.9. The van der Waals surface area contributed by atoms with Crippen LogP contribution in [0.5, 0.6) is 0 Å². The van der Waals surface area contributed by atoms with Gasteiger partial charge in [-0.1, -0.05) is 54.1 Å². The van der Waals surface area contributed by atoms with E-state index < -0.39 is 0 Å². The molecule has 2 atom stereocenters. The number of ether oxygens (including phenoxy) is 1. The van der Waals surface area contributed by atoms with Crippen molar-refractivity contribution in [1.29, 1.82) is 0 Å². The summed E-state index contributed by atoms with van der Waals surface area (Å²) in [7, 11) is 1.95. The fourth-order valence-electron chi connectivity index (χ4n) is 3.90. The van der Waals surface area contributed by atoms with E-state index in [0.29, 0.717) is 13.1 Å². The molecule has 1 heterocycles. The highest BCUT2D eigenvalue weighted by atomic mass is 35.5. The first kappa shape index (κ1) is 21.8. The molecule has 2 aromatic rings.